The van der Waals surface area contributed by atoms with Gasteiger partial charge in [-0.1, -0.05) is 54.6 Å². The van der Waals surface area contributed by atoms with E-state index in [0.717, 1.165) is 35.9 Å². The summed E-state index contributed by atoms with van der Waals surface area (Å²) in [5, 5.41) is 6.37. The van der Waals surface area contributed by atoms with Crippen LogP contribution in [0.2, 0.25) is 0 Å². The molecule has 0 atom stereocenters. The molecule has 0 aliphatic heterocycles. The quantitative estimate of drug-likeness (QED) is 0.412. The van der Waals surface area contributed by atoms with Gasteiger partial charge in [-0.2, -0.15) is 23.0 Å². The third kappa shape index (κ3) is 5.24. The van der Waals surface area contributed by atoms with Gasteiger partial charge in [-0.05, 0) is 35.4 Å². The van der Waals surface area contributed by atoms with Crippen LogP contribution in [-0.2, 0) is 19.3 Å². The van der Waals surface area contributed by atoms with Crippen LogP contribution in [0.4, 0.5) is 17.6 Å². The van der Waals surface area contributed by atoms with E-state index < -0.39 is 47.0 Å². The van der Waals surface area contributed by atoms with Crippen molar-refractivity contribution in [3.8, 4) is 5.69 Å². The first-order chi connectivity index (χ1) is 17.1. The second-order valence-electron chi connectivity index (χ2n) is 7.75. The predicted molar refractivity (Wildman–Crippen MR) is 122 cm³/mol. The topological polar surface area (TPSA) is 86.0 Å². The molecule has 1 heterocycles. The van der Waals surface area contributed by atoms with Crippen LogP contribution in [0, 0.1) is 5.82 Å². The molecule has 0 fully saturated rings. The van der Waals surface area contributed by atoms with Crippen LogP contribution in [0.3, 0.4) is 0 Å². The van der Waals surface area contributed by atoms with Crippen molar-refractivity contribution >= 4 is 5.91 Å². The number of nitrogens with zero attached hydrogens (tertiary/aromatic N) is 3. The highest BCUT2D eigenvalue weighted by molar-refractivity contribution is 5.91. The Hall–Kier alpha value is -4.54. The molecule has 184 valence electrons. The molecule has 0 saturated heterocycles. The lowest BCUT2D eigenvalue weighted by Gasteiger charge is -2.13. The van der Waals surface area contributed by atoms with Crippen molar-refractivity contribution in [1.29, 1.82) is 0 Å². The third-order valence-corrected chi connectivity index (χ3v) is 5.27. The maximum absolute atomic E-state index is 14.5. The van der Waals surface area contributed by atoms with Crippen LogP contribution in [0.25, 0.3) is 5.69 Å². The van der Waals surface area contributed by atoms with Crippen molar-refractivity contribution < 1.29 is 22.4 Å². The minimum atomic E-state index is -4.56. The van der Waals surface area contributed by atoms with Crippen molar-refractivity contribution in [2.24, 2.45) is 0 Å². The summed E-state index contributed by atoms with van der Waals surface area (Å²) in [6.07, 6.45) is -4.56. The lowest BCUT2D eigenvalue weighted by molar-refractivity contribution is -0.137. The van der Waals surface area contributed by atoms with Crippen LogP contribution >= 0.6 is 0 Å². The molecule has 0 aliphatic carbocycles. The Kier molecular flexibility index (Phi) is 6.82. The predicted octanol–water partition coefficient (Wildman–Crippen LogP) is 3.53. The molecule has 36 heavy (non-hydrogen) atoms. The van der Waals surface area contributed by atoms with Crippen LogP contribution < -0.4 is 16.6 Å². The van der Waals surface area contributed by atoms with Crippen molar-refractivity contribution in [2.45, 2.75) is 19.3 Å². The molecule has 0 radical (unpaired) electrons. The van der Waals surface area contributed by atoms with Crippen LogP contribution in [0.1, 0.15) is 27.2 Å². The Bertz CT molecular complexity index is 1510. The van der Waals surface area contributed by atoms with E-state index in [4.69, 9.17) is 0 Å². The summed E-state index contributed by atoms with van der Waals surface area (Å²) in [5.41, 5.74) is -3.11. The SMILES string of the molecule is O=C(NCc1ccccc1)c1nn(-c2ccccc2F)c(=O)n(Cc2ccc(C(F)(F)F)cc2)c1=O. The first kappa shape index (κ1) is 24.6. The van der Waals surface area contributed by atoms with Gasteiger partial charge in [0.1, 0.15) is 11.5 Å². The van der Waals surface area contributed by atoms with Gasteiger partial charge in [0, 0.05) is 6.54 Å². The first-order valence-corrected chi connectivity index (χ1v) is 10.6. The number of carbonyl (C=O) groups excluding carboxylic acids is 1. The van der Waals surface area contributed by atoms with Crippen molar-refractivity contribution in [2.75, 3.05) is 0 Å². The van der Waals surface area contributed by atoms with Gasteiger partial charge >= 0.3 is 11.9 Å². The molecular formula is C25H18F4N4O3. The van der Waals surface area contributed by atoms with E-state index in [1.165, 1.54) is 18.2 Å². The lowest BCUT2D eigenvalue weighted by Crippen LogP contribution is -2.46. The number of hydrogen-bond acceptors (Lipinski definition) is 4. The Labute approximate surface area is 201 Å². The summed E-state index contributed by atoms with van der Waals surface area (Å²) in [7, 11) is 0. The van der Waals surface area contributed by atoms with Crippen molar-refractivity contribution in [3.63, 3.8) is 0 Å². The lowest BCUT2D eigenvalue weighted by atomic mass is 10.1. The maximum Gasteiger partial charge on any atom is 0.416 e. The average molecular weight is 498 g/mol. The number of carbonyl (C=O) groups is 1. The zero-order valence-corrected chi connectivity index (χ0v) is 18.5. The number of hydrogen-bond donors (Lipinski definition) is 1. The molecule has 1 aromatic heterocycles. The fourth-order valence-electron chi connectivity index (χ4n) is 3.42. The zero-order chi connectivity index (χ0) is 25.9. The van der Waals surface area contributed by atoms with E-state index in [9.17, 15) is 31.9 Å². The molecule has 0 aliphatic rings. The third-order valence-electron chi connectivity index (χ3n) is 5.27. The number of aromatic nitrogens is 3. The minimum absolute atomic E-state index is 0.0541. The molecule has 0 bridgehead atoms. The molecule has 0 saturated carbocycles. The van der Waals surface area contributed by atoms with Gasteiger partial charge in [0.05, 0.1) is 12.1 Å². The fraction of sp³-hybridized carbons (Fsp3) is 0.120. The van der Waals surface area contributed by atoms with E-state index in [2.05, 4.69) is 10.4 Å². The molecule has 11 heteroatoms. The molecule has 4 aromatic rings. The highest BCUT2D eigenvalue weighted by Crippen LogP contribution is 2.29. The minimum Gasteiger partial charge on any atom is -0.346 e. The van der Waals surface area contributed by atoms with Gasteiger partial charge in [0.15, 0.2) is 0 Å². The Morgan fingerprint density at radius 2 is 1.50 bits per heavy atom. The summed E-state index contributed by atoms with van der Waals surface area (Å²) in [6, 6.07) is 17.8. The molecule has 1 amide bonds. The number of para-hydroxylation sites is 1. The molecule has 0 unspecified atom stereocenters. The van der Waals surface area contributed by atoms with Gasteiger partial charge in [-0.3, -0.25) is 14.2 Å². The molecule has 0 spiro atoms. The molecular weight excluding hydrogens is 480 g/mol. The molecule has 1 N–H and O–H groups in total. The second-order valence-corrected chi connectivity index (χ2v) is 7.75. The number of nitrogens with one attached hydrogen (secondary N) is 1. The van der Waals surface area contributed by atoms with Gasteiger partial charge in [-0.15, -0.1) is 0 Å². The highest BCUT2D eigenvalue weighted by atomic mass is 19.4. The average Bonchev–Trinajstić information content (AvgIpc) is 2.86. The number of halogens is 4. The van der Waals surface area contributed by atoms with E-state index in [-0.39, 0.29) is 17.8 Å². The largest absolute Gasteiger partial charge is 0.416 e. The Morgan fingerprint density at radius 1 is 0.861 bits per heavy atom. The molecule has 4 rings (SSSR count). The summed E-state index contributed by atoms with van der Waals surface area (Å²) < 4.78 is 54.4. The number of amides is 1. The maximum atomic E-state index is 14.5. The zero-order valence-electron chi connectivity index (χ0n) is 18.5. The standard InChI is InChI=1S/C25H18F4N4O3/c26-19-8-4-5-9-20(19)33-24(36)32(15-17-10-12-18(13-11-17)25(27,28)29)23(35)21(31-33)22(34)30-14-16-6-2-1-3-7-16/h1-13H,14-15H2,(H,30,34). The summed E-state index contributed by atoms with van der Waals surface area (Å²) in [6.45, 7) is -0.412. The van der Waals surface area contributed by atoms with E-state index in [0.29, 0.717) is 9.25 Å². The van der Waals surface area contributed by atoms with Crippen LogP contribution in [-0.4, -0.2) is 20.3 Å². The van der Waals surface area contributed by atoms with Crippen LogP contribution in [0.15, 0.2) is 88.5 Å². The van der Waals surface area contributed by atoms with Crippen molar-refractivity contribution in [1.82, 2.24) is 19.7 Å². The normalized spacial score (nSPS) is 11.3. The van der Waals surface area contributed by atoms with E-state index >= 15 is 0 Å². The highest BCUT2D eigenvalue weighted by Gasteiger charge is 2.30. The Balaban J connectivity index is 1.77. The summed E-state index contributed by atoms with van der Waals surface area (Å²) >= 11 is 0. The van der Waals surface area contributed by atoms with E-state index in [1.54, 1.807) is 30.3 Å². The number of rotatable bonds is 6. The fourth-order valence-corrected chi connectivity index (χ4v) is 3.42. The van der Waals surface area contributed by atoms with Crippen molar-refractivity contribution in [3.05, 3.63) is 128 Å². The number of benzene rings is 3. The monoisotopic (exact) mass is 498 g/mol. The first-order valence-electron chi connectivity index (χ1n) is 10.6. The summed E-state index contributed by atoms with van der Waals surface area (Å²) in [5.74, 6) is -1.74. The molecule has 7 nitrogen and oxygen atoms in total. The van der Waals surface area contributed by atoms with Gasteiger partial charge in [0.2, 0.25) is 5.69 Å². The van der Waals surface area contributed by atoms with Gasteiger partial charge in [0.25, 0.3) is 11.5 Å². The Morgan fingerprint density at radius 3 is 2.14 bits per heavy atom. The molecule has 3 aromatic carbocycles. The van der Waals surface area contributed by atoms with E-state index in [1.807, 2.05) is 0 Å². The van der Waals surface area contributed by atoms with Gasteiger partial charge in [-0.25, -0.2) is 9.18 Å². The smallest absolute Gasteiger partial charge is 0.346 e. The van der Waals surface area contributed by atoms with Gasteiger partial charge < -0.3 is 5.32 Å². The summed E-state index contributed by atoms with van der Waals surface area (Å²) in [4.78, 5) is 39.1. The second kappa shape index (κ2) is 9.98. The van der Waals surface area contributed by atoms with Crippen LogP contribution in [0.5, 0.6) is 0 Å². The number of alkyl halides is 3.